The highest BCUT2D eigenvalue weighted by Gasteiger charge is 2.37. The summed E-state index contributed by atoms with van der Waals surface area (Å²) in [6, 6.07) is 11.2. The van der Waals surface area contributed by atoms with Crippen molar-refractivity contribution in [1.29, 1.82) is 0 Å². The minimum absolute atomic E-state index is 0.0130. The molecule has 8 nitrogen and oxygen atoms in total. The maximum absolute atomic E-state index is 13.4. The van der Waals surface area contributed by atoms with E-state index in [-0.39, 0.29) is 23.3 Å². The van der Waals surface area contributed by atoms with E-state index in [4.69, 9.17) is 0 Å². The predicted octanol–water partition coefficient (Wildman–Crippen LogP) is 2.21. The maximum atomic E-state index is 13.4. The highest BCUT2D eigenvalue weighted by atomic mass is 16.2. The molecule has 2 bridgehead atoms. The fraction of sp³-hybridized carbons (Fsp3) is 0.261. The van der Waals surface area contributed by atoms with Crippen LogP contribution in [0.1, 0.15) is 28.4 Å². The van der Waals surface area contributed by atoms with Crippen molar-refractivity contribution in [1.82, 2.24) is 29.0 Å². The molecule has 0 aliphatic carbocycles. The van der Waals surface area contributed by atoms with Crippen molar-refractivity contribution in [3.8, 4) is 11.1 Å². The number of hydrogen-bond acceptors (Lipinski definition) is 5. The van der Waals surface area contributed by atoms with Gasteiger partial charge in [-0.25, -0.2) is 0 Å². The summed E-state index contributed by atoms with van der Waals surface area (Å²) in [4.78, 5) is 32.4. The Morgan fingerprint density at radius 2 is 2.00 bits per heavy atom. The molecule has 0 radical (unpaired) electrons. The number of piperidine rings is 1. The van der Waals surface area contributed by atoms with Crippen LogP contribution >= 0.6 is 0 Å². The third-order valence-corrected chi connectivity index (χ3v) is 6.39. The second kappa shape index (κ2) is 6.87. The second-order valence-electron chi connectivity index (χ2n) is 8.35. The first-order valence-electron chi connectivity index (χ1n) is 10.4. The number of amides is 1. The first-order valence-corrected chi connectivity index (χ1v) is 10.4. The summed E-state index contributed by atoms with van der Waals surface area (Å²) in [5, 5.41) is 8.04. The topological polar surface area (TPSA) is 85.4 Å². The number of nitrogens with zero attached hydrogens (tertiary/aromatic N) is 6. The van der Waals surface area contributed by atoms with Crippen LogP contribution in [0.3, 0.4) is 0 Å². The summed E-state index contributed by atoms with van der Waals surface area (Å²) < 4.78 is 3.65. The highest BCUT2D eigenvalue weighted by Crippen LogP contribution is 2.37. The molecule has 2 aliphatic heterocycles. The number of rotatable bonds is 2. The summed E-state index contributed by atoms with van der Waals surface area (Å²) in [7, 11) is 0. The molecule has 154 valence electrons. The molecular weight excluding hydrogens is 392 g/mol. The third kappa shape index (κ3) is 2.94. The number of fused-ring (bicyclic) bond motifs is 5. The van der Waals surface area contributed by atoms with Gasteiger partial charge in [-0.2, -0.15) is 0 Å². The van der Waals surface area contributed by atoms with Crippen LogP contribution in [-0.2, 0) is 6.54 Å². The Balaban J connectivity index is 1.36. The molecule has 6 heterocycles. The molecule has 1 fully saturated rings. The van der Waals surface area contributed by atoms with E-state index < -0.39 is 0 Å². The molecule has 1 saturated heterocycles. The summed E-state index contributed by atoms with van der Waals surface area (Å²) in [6.45, 7) is 1.86. The van der Waals surface area contributed by atoms with Crippen molar-refractivity contribution < 1.29 is 4.79 Å². The van der Waals surface area contributed by atoms with E-state index >= 15 is 0 Å². The van der Waals surface area contributed by atoms with E-state index in [0.29, 0.717) is 30.8 Å². The minimum atomic E-state index is -0.0347. The van der Waals surface area contributed by atoms with Gasteiger partial charge in [-0.1, -0.05) is 6.07 Å². The summed E-state index contributed by atoms with van der Waals surface area (Å²) >= 11 is 0. The number of pyridine rings is 3. The lowest BCUT2D eigenvalue weighted by Crippen LogP contribution is -2.49. The highest BCUT2D eigenvalue weighted by molar-refractivity contribution is 5.99. The lowest BCUT2D eigenvalue weighted by atomic mass is 9.82. The molecule has 2 aliphatic rings. The van der Waals surface area contributed by atoms with Crippen LogP contribution in [0.25, 0.3) is 16.8 Å². The molecule has 0 unspecified atom stereocenters. The quantitative estimate of drug-likeness (QED) is 0.504. The number of carbonyl (C=O) groups excluding carboxylic acids is 1. The van der Waals surface area contributed by atoms with Crippen LogP contribution in [0.15, 0.2) is 66.1 Å². The van der Waals surface area contributed by atoms with Crippen LogP contribution in [-0.4, -0.2) is 48.0 Å². The van der Waals surface area contributed by atoms with Crippen molar-refractivity contribution in [2.75, 3.05) is 13.1 Å². The van der Waals surface area contributed by atoms with Gasteiger partial charge in [-0.15, -0.1) is 10.2 Å². The van der Waals surface area contributed by atoms with Crippen LogP contribution < -0.4 is 5.56 Å². The van der Waals surface area contributed by atoms with Crippen LogP contribution in [0, 0.1) is 5.92 Å². The van der Waals surface area contributed by atoms with E-state index in [0.717, 1.165) is 23.2 Å². The lowest BCUT2D eigenvalue weighted by molar-refractivity contribution is 0.0596. The smallest absolute Gasteiger partial charge is 0.257 e. The Kier molecular flexibility index (Phi) is 3.99. The number of carbonyl (C=O) groups is 1. The van der Waals surface area contributed by atoms with Crippen molar-refractivity contribution in [2.24, 2.45) is 5.92 Å². The monoisotopic (exact) mass is 412 g/mol. The molecular formula is C23H20N6O2. The standard InChI is InChI=1S/C23H20N6O2/c30-21-9-17(16-3-1-5-24-10-16)8-20-18-7-15(12-29(20)21)11-28(13-18)23(31)19-4-2-6-27-14-25-26-22(19)27/h1-6,8-10,14-15,18H,7,11-13H2/t15-,18+/m0/s1. The Morgan fingerprint density at radius 3 is 2.87 bits per heavy atom. The third-order valence-electron chi connectivity index (χ3n) is 6.39. The molecule has 4 aromatic heterocycles. The molecule has 8 heteroatoms. The van der Waals surface area contributed by atoms with E-state index in [1.54, 1.807) is 35.3 Å². The van der Waals surface area contributed by atoms with Gasteiger partial charge in [0.25, 0.3) is 11.5 Å². The Bertz CT molecular complexity index is 1360. The predicted molar refractivity (Wildman–Crippen MR) is 114 cm³/mol. The number of aromatic nitrogens is 5. The van der Waals surface area contributed by atoms with E-state index in [2.05, 4.69) is 21.2 Å². The van der Waals surface area contributed by atoms with Crippen molar-refractivity contribution in [3.63, 3.8) is 0 Å². The Morgan fingerprint density at radius 1 is 1.06 bits per heavy atom. The molecule has 0 N–H and O–H groups in total. The van der Waals surface area contributed by atoms with Gasteiger partial charge < -0.3 is 9.47 Å². The fourth-order valence-electron chi connectivity index (χ4n) is 5.01. The molecule has 4 aromatic rings. The number of hydrogen-bond donors (Lipinski definition) is 0. The normalized spacial score (nSPS) is 19.9. The van der Waals surface area contributed by atoms with E-state index in [1.807, 2.05) is 33.9 Å². The molecule has 0 saturated carbocycles. The maximum Gasteiger partial charge on any atom is 0.257 e. The summed E-state index contributed by atoms with van der Waals surface area (Å²) in [6.07, 6.45) is 7.90. The van der Waals surface area contributed by atoms with Crippen LogP contribution in [0.4, 0.5) is 0 Å². The van der Waals surface area contributed by atoms with Crippen LogP contribution in [0.2, 0.25) is 0 Å². The second-order valence-corrected chi connectivity index (χ2v) is 8.35. The van der Waals surface area contributed by atoms with Gasteiger partial charge in [0.1, 0.15) is 6.33 Å². The lowest BCUT2D eigenvalue weighted by Gasteiger charge is -2.43. The van der Waals surface area contributed by atoms with Gasteiger partial charge in [0.2, 0.25) is 0 Å². The molecule has 6 rings (SSSR count). The Labute approximate surface area is 177 Å². The van der Waals surface area contributed by atoms with Crippen molar-refractivity contribution >= 4 is 11.6 Å². The van der Waals surface area contributed by atoms with Gasteiger partial charge >= 0.3 is 0 Å². The first-order chi connectivity index (χ1) is 15.2. The fourth-order valence-corrected chi connectivity index (χ4v) is 5.01. The summed E-state index contributed by atoms with van der Waals surface area (Å²) in [5.74, 6) is 0.348. The van der Waals surface area contributed by atoms with Gasteiger partial charge in [0, 0.05) is 61.5 Å². The minimum Gasteiger partial charge on any atom is -0.338 e. The summed E-state index contributed by atoms with van der Waals surface area (Å²) in [5.41, 5.74) is 3.94. The average Bonchev–Trinajstić information content (AvgIpc) is 3.29. The van der Waals surface area contributed by atoms with Crippen LogP contribution in [0.5, 0.6) is 0 Å². The van der Waals surface area contributed by atoms with Crippen molar-refractivity contribution in [2.45, 2.75) is 18.9 Å². The zero-order chi connectivity index (χ0) is 20.9. The average molecular weight is 412 g/mol. The molecule has 31 heavy (non-hydrogen) atoms. The van der Waals surface area contributed by atoms with E-state index in [1.165, 1.54) is 0 Å². The molecule has 0 spiro atoms. The molecule has 2 atom stereocenters. The zero-order valence-corrected chi connectivity index (χ0v) is 16.8. The van der Waals surface area contributed by atoms with Crippen molar-refractivity contribution in [3.05, 3.63) is 82.9 Å². The molecule has 1 amide bonds. The van der Waals surface area contributed by atoms with Gasteiger partial charge in [0.05, 0.1) is 5.56 Å². The SMILES string of the molecule is O=C(c1cccn2cnnc12)N1C[C@@H]2C[C@H](C1)c1cc(-c3cccnc3)cc(=O)n1C2. The van der Waals surface area contributed by atoms with Gasteiger partial charge in [-0.3, -0.25) is 19.0 Å². The van der Waals surface area contributed by atoms with Gasteiger partial charge in [-0.05, 0) is 42.2 Å². The van der Waals surface area contributed by atoms with Gasteiger partial charge in [0.15, 0.2) is 5.65 Å². The first kappa shape index (κ1) is 18.0. The Hall–Kier alpha value is -3.81. The van der Waals surface area contributed by atoms with E-state index in [9.17, 15) is 9.59 Å². The molecule has 0 aromatic carbocycles. The number of likely N-dealkylation sites (tertiary alicyclic amines) is 1. The zero-order valence-electron chi connectivity index (χ0n) is 16.8. The largest absolute Gasteiger partial charge is 0.338 e.